The second-order valence-electron chi connectivity index (χ2n) is 7.32. The molecule has 1 fully saturated rings. The SMILES string of the molecule is COCc1nc(C2CC(Nc3nc(C)c4c(n3)CCCC4)C2)cc(=O)[nH]1. The third-order valence-corrected chi connectivity index (χ3v) is 5.37. The van der Waals surface area contributed by atoms with Gasteiger partial charge in [-0.2, -0.15) is 0 Å². The Labute approximate surface area is 152 Å². The average molecular weight is 355 g/mol. The fraction of sp³-hybridized carbons (Fsp3) is 0.579. The van der Waals surface area contributed by atoms with Crippen LogP contribution in [0.1, 0.15) is 60.1 Å². The van der Waals surface area contributed by atoms with Gasteiger partial charge in [-0.3, -0.25) is 4.79 Å². The van der Waals surface area contributed by atoms with Crippen molar-refractivity contribution in [2.24, 2.45) is 0 Å². The number of rotatable bonds is 5. The minimum absolute atomic E-state index is 0.118. The molecule has 0 amide bonds. The summed E-state index contributed by atoms with van der Waals surface area (Å²) in [4.78, 5) is 28.4. The minimum atomic E-state index is -0.118. The van der Waals surface area contributed by atoms with Crippen LogP contribution in [-0.4, -0.2) is 33.1 Å². The molecule has 7 nitrogen and oxygen atoms in total. The third-order valence-electron chi connectivity index (χ3n) is 5.37. The normalized spacial score (nSPS) is 21.8. The molecule has 0 atom stereocenters. The maximum Gasteiger partial charge on any atom is 0.251 e. The molecule has 4 rings (SSSR count). The topological polar surface area (TPSA) is 92.8 Å². The van der Waals surface area contributed by atoms with Crippen molar-refractivity contribution in [3.8, 4) is 0 Å². The van der Waals surface area contributed by atoms with Crippen LogP contribution in [0.25, 0.3) is 0 Å². The molecule has 2 aromatic heterocycles. The maximum atomic E-state index is 11.8. The molecule has 0 bridgehead atoms. The van der Waals surface area contributed by atoms with E-state index < -0.39 is 0 Å². The summed E-state index contributed by atoms with van der Waals surface area (Å²) < 4.78 is 5.06. The van der Waals surface area contributed by atoms with E-state index in [1.54, 1.807) is 13.2 Å². The van der Waals surface area contributed by atoms with Gasteiger partial charge in [-0.05, 0) is 51.0 Å². The average Bonchev–Trinajstić information content (AvgIpc) is 2.57. The lowest BCUT2D eigenvalue weighted by atomic mass is 9.78. The molecule has 2 aliphatic rings. The van der Waals surface area contributed by atoms with Crippen molar-refractivity contribution >= 4 is 5.95 Å². The van der Waals surface area contributed by atoms with Gasteiger partial charge in [-0.1, -0.05) is 0 Å². The zero-order valence-corrected chi connectivity index (χ0v) is 15.3. The van der Waals surface area contributed by atoms with Gasteiger partial charge in [-0.25, -0.2) is 15.0 Å². The van der Waals surface area contributed by atoms with Gasteiger partial charge in [0.1, 0.15) is 12.4 Å². The summed E-state index contributed by atoms with van der Waals surface area (Å²) in [6, 6.07) is 1.92. The van der Waals surface area contributed by atoms with Crippen LogP contribution in [0.4, 0.5) is 5.95 Å². The highest BCUT2D eigenvalue weighted by molar-refractivity contribution is 5.37. The van der Waals surface area contributed by atoms with Gasteiger partial charge in [0.15, 0.2) is 0 Å². The lowest BCUT2D eigenvalue weighted by molar-refractivity contribution is 0.177. The summed E-state index contributed by atoms with van der Waals surface area (Å²) in [5.41, 5.74) is 4.39. The van der Waals surface area contributed by atoms with Crippen LogP contribution in [0.2, 0.25) is 0 Å². The van der Waals surface area contributed by atoms with Crippen molar-refractivity contribution in [2.75, 3.05) is 12.4 Å². The smallest absolute Gasteiger partial charge is 0.251 e. The van der Waals surface area contributed by atoms with Gasteiger partial charge in [0.2, 0.25) is 5.95 Å². The summed E-state index contributed by atoms with van der Waals surface area (Å²) in [6.07, 6.45) is 6.48. The number of H-pyrrole nitrogens is 1. The van der Waals surface area contributed by atoms with Crippen LogP contribution in [-0.2, 0) is 24.2 Å². The van der Waals surface area contributed by atoms with Crippen molar-refractivity contribution in [1.82, 2.24) is 19.9 Å². The van der Waals surface area contributed by atoms with E-state index in [2.05, 4.69) is 27.2 Å². The molecule has 138 valence electrons. The summed E-state index contributed by atoms with van der Waals surface area (Å²) in [5, 5.41) is 3.46. The molecule has 26 heavy (non-hydrogen) atoms. The minimum Gasteiger partial charge on any atom is -0.377 e. The summed E-state index contributed by atoms with van der Waals surface area (Å²) in [6.45, 7) is 2.40. The van der Waals surface area contributed by atoms with Gasteiger partial charge < -0.3 is 15.0 Å². The van der Waals surface area contributed by atoms with Crippen LogP contribution in [0.5, 0.6) is 0 Å². The molecule has 0 saturated heterocycles. The van der Waals surface area contributed by atoms with Crippen molar-refractivity contribution in [1.29, 1.82) is 0 Å². The Bertz CT molecular complexity index is 857. The largest absolute Gasteiger partial charge is 0.377 e. The molecule has 2 aliphatic carbocycles. The first-order chi connectivity index (χ1) is 12.6. The second-order valence-corrected chi connectivity index (χ2v) is 7.32. The molecular formula is C19H25N5O2. The van der Waals surface area contributed by atoms with E-state index in [1.807, 2.05) is 0 Å². The van der Waals surface area contributed by atoms with Gasteiger partial charge in [-0.15, -0.1) is 0 Å². The Morgan fingerprint density at radius 2 is 2.04 bits per heavy atom. The first-order valence-corrected chi connectivity index (χ1v) is 9.34. The number of ether oxygens (including phenoxy) is 1. The Morgan fingerprint density at radius 3 is 2.85 bits per heavy atom. The van der Waals surface area contributed by atoms with Gasteiger partial charge >= 0.3 is 0 Å². The van der Waals surface area contributed by atoms with Crippen LogP contribution in [0.15, 0.2) is 10.9 Å². The molecule has 0 spiro atoms. The Kier molecular flexibility index (Phi) is 4.72. The summed E-state index contributed by atoms with van der Waals surface area (Å²) >= 11 is 0. The Balaban J connectivity index is 1.41. The highest BCUT2D eigenvalue weighted by Crippen LogP contribution is 2.37. The lowest BCUT2D eigenvalue weighted by Gasteiger charge is -2.35. The first-order valence-electron chi connectivity index (χ1n) is 9.34. The maximum absolute atomic E-state index is 11.8. The van der Waals surface area contributed by atoms with E-state index in [0.717, 1.165) is 43.0 Å². The highest BCUT2D eigenvalue weighted by atomic mass is 16.5. The van der Waals surface area contributed by atoms with E-state index in [9.17, 15) is 4.79 Å². The van der Waals surface area contributed by atoms with Crippen LogP contribution in [0, 0.1) is 6.92 Å². The zero-order valence-electron chi connectivity index (χ0n) is 15.3. The predicted molar refractivity (Wildman–Crippen MR) is 98.4 cm³/mol. The third kappa shape index (κ3) is 3.49. The zero-order chi connectivity index (χ0) is 18.1. The van der Waals surface area contributed by atoms with E-state index in [-0.39, 0.29) is 5.56 Å². The first kappa shape index (κ1) is 17.1. The molecule has 0 aromatic carbocycles. The molecule has 2 heterocycles. The van der Waals surface area contributed by atoms with Gasteiger partial charge in [0.05, 0.1) is 5.69 Å². The van der Waals surface area contributed by atoms with Crippen molar-refractivity contribution in [2.45, 2.75) is 64.0 Å². The standard InChI is InChI=1S/C19H25N5O2/c1-11-14-5-3-4-6-15(14)23-19(20-11)21-13-7-12(8-13)16-9-18(25)24-17(22-16)10-26-2/h9,12-13H,3-8,10H2,1-2H3,(H,20,21,23)(H,22,24,25). The van der Waals surface area contributed by atoms with Gasteiger partial charge in [0, 0.05) is 36.5 Å². The number of fused-ring (bicyclic) bond motifs is 1. The van der Waals surface area contributed by atoms with E-state index in [0.29, 0.717) is 24.4 Å². The quantitative estimate of drug-likeness (QED) is 0.854. The van der Waals surface area contributed by atoms with E-state index >= 15 is 0 Å². The monoisotopic (exact) mass is 355 g/mol. The molecule has 0 radical (unpaired) electrons. The molecule has 1 saturated carbocycles. The van der Waals surface area contributed by atoms with Gasteiger partial charge in [0.25, 0.3) is 5.56 Å². The van der Waals surface area contributed by atoms with E-state index in [1.165, 1.54) is 24.1 Å². The van der Waals surface area contributed by atoms with Crippen molar-refractivity contribution in [3.05, 3.63) is 44.9 Å². The molecule has 0 aliphatic heterocycles. The summed E-state index contributed by atoms with van der Waals surface area (Å²) in [5.74, 6) is 1.62. The molecular weight excluding hydrogens is 330 g/mol. The Hall–Kier alpha value is -2.28. The lowest BCUT2D eigenvalue weighted by Crippen LogP contribution is -2.36. The number of aryl methyl sites for hydroxylation is 2. The number of nitrogens with zero attached hydrogens (tertiary/aromatic N) is 3. The number of nitrogens with one attached hydrogen (secondary N) is 2. The molecule has 2 aromatic rings. The van der Waals surface area contributed by atoms with Crippen LogP contribution < -0.4 is 10.9 Å². The Morgan fingerprint density at radius 1 is 1.23 bits per heavy atom. The molecule has 7 heteroatoms. The highest BCUT2D eigenvalue weighted by Gasteiger charge is 2.32. The fourth-order valence-corrected chi connectivity index (χ4v) is 3.95. The second kappa shape index (κ2) is 7.15. The number of aromatic amines is 1. The molecule has 2 N–H and O–H groups in total. The van der Waals surface area contributed by atoms with Crippen molar-refractivity contribution < 1.29 is 4.74 Å². The predicted octanol–water partition coefficient (Wildman–Crippen LogP) is 2.25. The number of anilines is 1. The fourth-order valence-electron chi connectivity index (χ4n) is 3.95. The number of hydrogen-bond acceptors (Lipinski definition) is 6. The number of hydrogen-bond donors (Lipinski definition) is 2. The van der Waals surface area contributed by atoms with Crippen LogP contribution in [0.3, 0.4) is 0 Å². The number of methoxy groups -OCH3 is 1. The van der Waals surface area contributed by atoms with Crippen LogP contribution >= 0.6 is 0 Å². The molecule has 0 unspecified atom stereocenters. The van der Waals surface area contributed by atoms with E-state index in [4.69, 9.17) is 9.72 Å². The number of aromatic nitrogens is 4. The van der Waals surface area contributed by atoms with Crippen molar-refractivity contribution in [3.63, 3.8) is 0 Å². The summed E-state index contributed by atoms with van der Waals surface area (Å²) in [7, 11) is 1.59.